The first kappa shape index (κ1) is 11.6. The van der Waals surface area contributed by atoms with Crippen LogP contribution in [0.5, 0.6) is 0 Å². The molecule has 4 nitrogen and oxygen atoms in total. The van der Waals surface area contributed by atoms with E-state index in [0.717, 1.165) is 18.6 Å². The molecule has 1 aromatic heterocycles. The van der Waals surface area contributed by atoms with Gasteiger partial charge in [0.1, 0.15) is 18.1 Å². The van der Waals surface area contributed by atoms with Gasteiger partial charge in [-0.15, -0.1) is 0 Å². The molecule has 16 heavy (non-hydrogen) atoms. The number of furan rings is 1. The van der Waals surface area contributed by atoms with Gasteiger partial charge in [-0.2, -0.15) is 0 Å². The molecule has 3 N–H and O–H groups in total. The standard InChI is InChI=1S/C12H19NO3/c14-7-9-2-1-3-12(9)13-6-10-4-5-11(8-15)16-10/h4-5,9,12-15H,1-3,6-8H2. The molecule has 4 heteroatoms. The first-order valence-corrected chi connectivity index (χ1v) is 5.86. The van der Waals surface area contributed by atoms with E-state index in [9.17, 15) is 5.11 Å². The largest absolute Gasteiger partial charge is 0.462 e. The third kappa shape index (κ3) is 2.64. The monoisotopic (exact) mass is 225 g/mol. The Kier molecular flexibility index (Phi) is 3.98. The Morgan fingerprint density at radius 3 is 2.75 bits per heavy atom. The molecule has 0 saturated heterocycles. The second kappa shape index (κ2) is 5.48. The van der Waals surface area contributed by atoms with Gasteiger partial charge in [-0.05, 0) is 30.9 Å². The van der Waals surface area contributed by atoms with E-state index < -0.39 is 0 Å². The predicted molar refractivity (Wildman–Crippen MR) is 59.7 cm³/mol. The maximum atomic E-state index is 9.18. The van der Waals surface area contributed by atoms with Gasteiger partial charge >= 0.3 is 0 Å². The molecule has 1 aromatic rings. The molecule has 1 heterocycles. The normalized spacial score (nSPS) is 25.1. The highest BCUT2D eigenvalue weighted by molar-refractivity contribution is 5.06. The van der Waals surface area contributed by atoms with Crippen LogP contribution in [0.4, 0.5) is 0 Å². The molecule has 90 valence electrons. The van der Waals surface area contributed by atoms with Crippen LogP contribution in [0.25, 0.3) is 0 Å². The van der Waals surface area contributed by atoms with Gasteiger partial charge in [0.15, 0.2) is 0 Å². The van der Waals surface area contributed by atoms with Crippen LogP contribution in [-0.2, 0) is 13.2 Å². The summed E-state index contributed by atoms with van der Waals surface area (Å²) in [5, 5.41) is 21.4. The SMILES string of the molecule is OCc1ccc(CNC2CCCC2CO)o1. The number of hydrogen-bond acceptors (Lipinski definition) is 4. The van der Waals surface area contributed by atoms with E-state index in [-0.39, 0.29) is 13.2 Å². The van der Waals surface area contributed by atoms with Gasteiger partial charge in [-0.3, -0.25) is 0 Å². The fraction of sp³-hybridized carbons (Fsp3) is 0.667. The van der Waals surface area contributed by atoms with Crippen molar-refractivity contribution in [2.24, 2.45) is 5.92 Å². The van der Waals surface area contributed by atoms with E-state index in [1.165, 1.54) is 6.42 Å². The molecule has 2 rings (SSSR count). The van der Waals surface area contributed by atoms with Gasteiger partial charge in [0, 0.05) is 12.6 Å². The lowest BCUT2D eigenvalue weighted by Gasteiger charge is -2.18. The molecule has 1 fully saturated rings. The first-order chi connectivity index (χ1) is 7.83. The molecule has 0 radical (unpaired) electrons. The van der Waals surface area contributed by atoms with Gasteiger partial charge in [-0.25, -0.2) is 0 Å². The maximum absolute atomic E-state index is 9.18. The van der Waals surface area contributed by atoms with E-state index in [0.29, 0.717) is 24.3 Å². The fourth-order valence-corrected chi connectivity index (χ4v) is 2.36. The molecule has 0 bridgehead atoms. The molecule has 0 aliphatic heterocycles. The second-order valence-electron chi connectivity index (χ2n) is 4.39. The summed E-state index contributed by atoms with van der Waals surface area (Å²) in [4.78, 5) is 0. The molecule has 2 unspecified atom stereocenters. The fourth-order valence-electron chi connectivity index (χ4n) is 2.36. The summed E-state index contributed by atoms with van der Waals surface area (Å²) in [6.45, 7) is 0.877. The van der Waals surface area contributed by atoms with E-state index in [1.807, 2.05) is 6.07 Å². The molecule has 0 spiro atoms. The van der Waals surface area contributed by atoms with Crippen LogP contribution in [0.1, 0.15) is 30.8 Å². The summed E-state index contributed by atoms with van der Waals surface area (Å²) in [7, 11) is 0. The Morgan fingerprint density at radius 2 is 2.06 bits per heavy atom. The molecular formula is C12H19NO3. The number of hydrogen-bond donors (Lipinski definition) is 3. The van der Waals surface area contributed by atoms with Gasteiger partial charge in [0.25, 0.3) is 0 Å². The molecule has 1 aliphatic rings. The maximum Gasteiger partial charge on any atom is 0.129 e. The first-order valence-electron chi connectivity index (χ1n) is 5.86. The van der Waals surface area contributed by atoms with Gasteiger partial charge in [0.2, 0.25) is 0 Å². The Morgan fingerprint density at radius 1 is 1.25 bits per heavy atom. The van der Waals surface area contributed by atoms with Crippen LogP contribution in [0, 0.1) is 5.92 Å². The molecule has 1 saturated carbocycles. The Bertz CT molecular complexity index is 324. The van der Waals surface area contributed by atoms with Crippen molar-refractivity contribution in [2.45, 2.75) is 38.5 Å². The third-order valence-corrected chi connectivity index (χ3v) is 3.31. The van der Waals surface area contributed by atoms with Crippen LogP contribution in [0.2, 0.25) is 0 Å². The minimum atomic E-state index is -0.0529. The van der Waals surface area contributed by atoms with E-state index in [4.69, 9.17) is 9.52 Å². The number of rotatable bonds is 5. The highest BCUT2D eigenvalue weighted by atomic mass is 16.4. The quantitative estimate of drug-likeness (QED) is 0.700. The second-order valence-corrected chi connectivity index (χ2v) is 4.39. The van der Waals surface area contributed by atoms with Gasteiger partial charge in [0.05, 0.1) is 6.54 Å². The average molecular weight is 225 g/mol. The van der Waals surface area contributed by atoms with Gasteiger partial charge in [-0.1, -0.05) is 6.42 Å². The number of nitrogens with one attached hydrogen (secondary N) is 1. The summed E-state index contributed by atoms with van der Waals surface area (Å²) in [5.41, 5.74) is 0. The van der Waals surface area contributed by atoms with Crippen molar-refractivity contribution in [1.29, 1.82) is 0 Å². The molecule has 2 atom stereocenters. The van der Waals surface area contributed by atoms with Crippen LogP contribution >= 0.6 is 0 Å². The Hall–Kier alpha value is -0.840. The lowest BCUT2D eigenvalue weighted by molar-refractivity contribution is 0.202. The molecular weight excluding hydrogens is 206 g/mol. The highest BCUT2D eigenvalue weighted by Gasteiger charge is 2.26. The zero-order valence-corrected chi connectivity index (χ0v) is 9.35. The zero-order valence-electron chi connectivity index (χ0n) is 9.35. The topological polar surface area (TPSA) is 65.6 Å². The van der Waals surface area contributed by atoms with Crippen LogP contribution in [0.15, 0.2) is 16.5 Å². The van der Waals surface area contributed by atoms with E-state index in [1.54, 1.807) is 6.07 Å². The zero-order chi connectivity index (χ0) is 11.4. The van der Waals surface area contributed by atoms with Crippen LogP contribution < -0.4 is 5.32 Å². The smallest absolute Gasteiger partial charge is 0.129 e. The van der Waals surface area contributed by atoms with Crippen molar-refractivity contribution < 1.29 is 14.6 Å². The van der Waals surface area contributed by atoms with Crippen molar-refractivity contribution in [2.75, 3.05) is 6.61 Å². The predicted octanol–water partition coefficient (Wildman–Crippen LogP) is 1.02. The van der Waals surface area contributed by atoms with Crippen LogP contribution in [-0.4, -0.2) is 22.9 Å². The number of aliphatic hydroxyl groups is 2. The summed E-state index contributed by atoms with van der Waals surface area (Å²) in [5.74, 6) is 1.82. The molecule has 0 aromatic carbocycles. The average Bonchev–Trinajstić information content (AvgIpc) is 2.94. The van der Waals surface area contributed by atoms with E-state index >= 15 is 0 Å². The number of aliphatic hydroxyl groups excluding tert-OH is 2. The summed E-state index contributed by atoms with van der Waals surface area (Å²) in [6.07, 6.45) is 3.41. The summed E-state index contributed by atoms with van der Waals surface area (Å²) in [6, 6.07) is 4.06. The van der Waals surface area contributed by atoms with Crippen molar-refractivity contribution in [3.8, 4) is 0 Å². The van der Waals surface area contributed by atoms with Crippen molar-refractivity contribution >= 4 is 0 Å². The minimum Gasteiger partial charge on any atom is -0.462 e. The summed E-state index contributed by atoms with van der Waals surface area (Å²) >= 11 is 0. The van der Waals surface area contributed by atoms with Crippen molar-refractivity contribution in [3.63, 3.8) is 0 Å². The van der Waals surface area contributed by atoms with Crippen LogP contribution in [0.3, 0.4) is 0 Å². The van der Waals surface area contributed by atoms with E-state index in [2.05, 4.69) is 5.32 Å². The molecule has 1 aliphatic carbocycles. The third-order valence-electron chi connectivity index (χ3n) is 3.31. The van der Waals surface area contributed by atoms with Crippen molar-refractivity contribution in [3.05, 3.63) is 23.7 Å². The Labute approximate surface area is 95.3 Å². The Balaban J connectivity index is 1.82. The lowest BCUT2D eigenvalue weighted by Crippen LogP contribution is -2.33. The highest BCUT2D eigenvalue weighted by Crippen LogP contribution is 2.25. The summed E-state index contributed by atoms with van der Waals surface area (Å²) < 4.78 is 5.39. The van der Waals surface area contributed by atoms with Crippen molar-refractivity contribution in [1.82, 2.24) is 5.32 Å². The van der Waals surface area contributed by atoms with Gasteiger partial charge < -0.3 is 19.9 Å². The minimum absolute atomic E-state index is 0.0529. The lowest BCUT2D eigenvalue weighted by atomic mass is 10.1. The molecule has 0 amide bonds.